The molecule has 0 spiro atoms. The van der Waals surface area contributed by atoms with E-state index in [1.807, 2.05) is 0 Å². The Balaban J connectivity index is 1.78. The molecule has 2 aromatic rings. The van der Waals surface area contributed by atoms with Gasteiger partial charge in [0.1, 0.15) is 35.9 Å². The number of hydrogen-bond donors (Lipinski definition) is 6. The number of phenolic OH excluding ortho intramolecular Hbond substituents is 2. The number of amides is 4. The van der Waals surface area contributed by atoms with Crippen LogP contribution < -0.4 is 21.7 Å². The molecule has 12 heteroatoms. The van der Waals surface area contributed by atoms with Gasteiger partial charge in [-0.2, -0.15) is 0 Å². The van der Waals surface area contributed by atoms with E-state index in [1.54, 1.807) is 29.2 Å². The molecule has 43 heavy (non-hydrogen) atoms. The van der Waals surface area contributed by atoms with E-state index in [4.69, 9.17) is 5.73 Å². The third kappa shape index (κ3) is 10.4. The number of nitrogens with one attached hydrogen (secondary N) is 3. The van der Waals surface area contributed by atoms with E-state index in [0.717, 1.165) is 12.8 Å². The number of aromatic hydroxyl groups is 2. The molecular weight excluding hydrogens is 554 g/mol. The van der Waals surface area contributed by atoms with E-state index in [2.05, 4.69) is 16.0 Å². The summed E-state index contributed by atoms with van der Waals surface area (Å²) in [5.41, 5.74) is 6.84. The lowest BCUT2D eigenvalue weighted by Crippen LogP contribution is -2.57. The van der Waals surface area contributed by atoms with Crippen LogP contribution in [0.25, 0.3) is 0 Å². The zero-order valence-corrected chi connectivity index (χ0v) is 24.2. The normalized spacial score (nSPS) is 15.7. The standard InChI is InChI=1S/C31H41N5O7/c32-15-3-1-2-6-28(40)36-17-4-5-27(36)31(43)35-26(20-22-9-13-24(39)14-10-22)30(42)34-25(29(41)33-16-18-37)19-21-7-11-23(38)12-8-21/h7-14,18,25-27,38-39H,1-6,15-17,19-20,32H2,(H,33,41)(H,34,42)(H,35,43)/t25-,26-,27?/m0/s1. The summed E-state index contributed by atoms with van der Waals surface area (Å²) < 4.78 is 0. The average Bonchev–Trinajstić information content (AvgIpc) is 3.50. The molecule has 3 rings (SSSR count). The van der Waals surface area contributed by atoms with Gasteiger partial charge in [0.15, 0.2) is 0 Å². The minimum absolute atomic E-state index is 0.0428. The van der Waals surface area contributed by atoms with Gasteiger partial charge in [0.05, 0.1) is 6.54 Å². The summed E-state index contributed by atoms with van der Waals surface area (Å²) in [6.07, 6.45) is 4.42. The number of carbonyl (C=O) groups is 5. The van der Waals surface area contributed by atoms with Crippen molar-refractivity contribution in [2.24, 2.45) is 5.73 Å². The third-order valence-corrected chi connectivity index (χ3v) is 7.35. The number of hydrogen-bond acceptors (Lipinski definition) is 8. The number of phenols is 2. The molecule has 232 valence electrons. The first-order chi connectivity index (χ1) is 20.7. The zero-order chi connectivity index (χ0) is 31.2. The Morgan fingerprint density at radius 3 is 2.00 bits per heavy atom. The van der Waals surface area contributed by atoms with Gasteiger partial charge in [-0.05, 0) is 67.6 Å². The number of benzene rings is 2. The quantitative estimate of drug-likeness (QED) is 0.121. The summed E-state index contributed by atoms with van der Waals surface area (Å²) in [5.74, 6) is -1.72. The first-order valence-electron chi connectivity index (χ1n) is 14.6. The van der Waals surface area contributed by atoms with Crippen LogP contribution in [0.5, 0.6) is 11.5 Å². The SMILES string of the molecule is NCCCCCC(=O)N1CCCC1C(=O)N[C@@H](Cc1ccc(O)cc1)C(=O)N[C@@H](Cc1ccc(O)cc1)C(=O)NCC=O. The molecule has 1 unspecified atom stereocenters. The number of aldehydes is 1. The fourth-order valence-electron chi connectivity index (χ4n) is 5.04. The molecule has 2 aromatic carbocycles. The third-order valence-electron chi connectivity index (χ3n) is 7.35. The lowest BCUT2D eigenvalue weighted by atomic mass is 10.0. The van der Waals surface area contributed by atoms with Crippen LogP contribution in [0, 0.1) is 0 Å². The number of nitrogens with two attached hydrogens (primary N) is 1. The highest BCUT2D eigenvalue weighted by Crippen LogP contribution is 2.20. The molecule has 0 saturated carbocycles. The molecule has 12 nitrogen and oxygen atoms in total. The van der Waals surface area contributed by atoms with E-state index in [0.29, 0.717) is 56.2 Å². The van der Waals surface area contributed by atoms with Crippen molar-refractivity contribution in [3.8, 4) is 11.5 Å². The molecule has 4 amide bonds. The minimum Gasteiger partial charge on any atom is -0.508 e. The number of likely N-dealkylation sites (tertiary alicyclic amines) is 1. The summed E-state index contributed by atoms with van der Waals surface area (Å²) >= 11 is 0. The maximum atomic E-state index is 13.7. The zero-order valence-electron chi connectivity index (χ0n) is 24.2. The molecule has 0 aromatic heterocycles. The van der Waals surface area contributed by atoms with Crippen molar-refractivity contribution in [2.75, 3.05) is 19.6 Å². The molecule has 1 heterocycles. The molecule has 0 bridgehead atoms. The van der Waals surface area contributed by atoms with Crippen LogP contribution in [-0.2, 0) is 36.8 Å². The second-order valence-corrected chi connectivity index (χ2v) is 10.6. The Morgan fingerprint density at radius 2 is 1.44 bits per heavy atom. The first-order valence-corrected chi connectivity index (χ1v) is 14.6. The van der Waals surface area contributed by atoms with E-state index >= 15 is 0 Å². The van der Waals surface area contributed by atoms with Crippen molar-refractivity contribution in [3.63, 3.8) is 0 Å². The minimum atomic E-state index is -1.11. The van der Waals surface area contributed by atoms with Crippen molar-refractivity contribution in [2.45, 2.75) is 69.5 Å². The van der Waals surface area contributed by atoms with Gasteiger partial charge in [-0.15, -0.1) is 0 Å². The van der Waals surface area contributed by atoms with Gasteiger partial charge in [-0.1, -0.05) is 30.7 Å². The highest BCUT2D eigenvalue weighted by molar-refractivity contribution is 5.95. The summed E-state index contributed by atoms with van der Waals surface area (Å²) in [4.78, 5) is 65.4. The van der Waals surface area contributed by atoms with Crippen LogP contribution in [0.1, 0.15) is 49.7 Å². The second kappa shape index (κ2) is 16.9. The molecule has 0 aliphatic carbocycles. The Labute approximate surface area is 251 Å². The smallest absolute Gasteiger partial charge is 0.243 e. The highest BCUT2D eigenvalue weighted by Gasteiger charge is 2.36. The molecule has 1 aliphatic heterocycles. The molecular formula is C31H41N5O7. The summed E-state index contributed by atoms with van der Waals surface area (Å²) in [5, 5.41) is 27.3. The largest absolute Gasteiger partial charge is 0.508 e. The number of rotatable bonds is 16. The number of nitrogens with zero attached hydrogens (tertiary/aromatic N) is 1. The van der Waals surface area contributed by atoms with E-state index in [1.165, 1.54) is 24.3 Å². The average molecular weight is 596 g/mol. The van der Waals surface area contributed by atoms with E-state index in [-0.39, 0.29) is 36.8 Å². The number of carbonyl (C=O) groups excluding carboxylic acids is 5. The van der Waals surface area contributed by atoms with Gasteiger partial charge in [0.25, 0.3) is 0 Å². The number of unbranched alkanes of at least 4 members (excludes halogenated alkanes) is 2. The van der Waals surface area contributed by atoms with Crippen LogP contribution >= 0.6 is 0 Å². The van der Waals surface area contributed by atoms with Crippen molar-refractivity contribution in [1.29, 1.82) is 0 Å². The van der Waals surface area contributed by atoms with Gasteiger partial charge in [-0.25, -0.2) is 0 Å². The Morgan fingerprint density at radius 1 is 0.860 bits per heavy atom. The van der Waals surface area contributed by atoms with Gasteiger partial charge < -0.3 is 41.6 Å². The predicted octanol–water partition coefficient (Wildman–Crippen LogP) is 0.678. The van der Waals surface area contributed by atoms with Gasteiger partial charge in [0.2, 0.25) is 23.6 Å². The lowest BCUT2D eigenvalue weighted by Gasteiger charge is -2.27. The summed E-state index contributed by atoms with van der Waals surface area (Å²) in [6, 6.07) is 9.39. The Bertz CT molecular complexity index is 1240. The Kier molecular flexibility index (Phi) is 13.0. The van der Waals surface area contributed by atoms with Crippen LogP contribution in [0.2, 0.25) is 0 Å². The topological polar surface area (TPSA) is 191 Å². The predicted molar refractivity (Wildman–Crippen MR) is 159 cm³/mol. The monoisotopic (exact) mass is 595 g/mol. The van der Waals surface area contributed by atoms with E-state index in [9.17, 15) is 34.2 Å². The highest BCUT2D eigenvalue weighted by atomic mass is 16.3. The van der Waals surface area contributed by atoms with Gasteiger partial charge in [-0.3, -0.25) is 19.2 Å². The molecule has 1 saturated heterocycles. The molecule has 0 radical (unpaired) electrons. The fourth-order valence-corrected chi connectivity index (χ4v) is 5.04. The van der Waals surface area contributed by atoms with Crippen molar-refractivity contribution in [1.82, 2.24) is 20.9 Å². The van der Waals surface area contributed by atoms with Gasteiger partial charge in [0, 0.05) is 25.8 Å². The van der Waals surface area contributed by atoms with Crippen LogP contribution in [0.4, 0.5) is 0 Å². The molecule has 1 aliphatic rings. The molecule has 7 N–H and O–H groups in total. The fraction of sp³-hybridized carbons (Fsp3) is 0.452. The maximum absolute atomic E-state index is 13.7. The lowest BCUT2D eigenvalue weighted by molar-refractivity contribution is -0.139. The second-order valence-electron chi connectivity index (χ2n) is 10.6. The summed E-state index contributed by atoms with van der Waals surface area (Å²) in [6.45, 7) is 0.766. The molecule has 3 atom stereocenters. The van der Waals surface area contributed by atoms with Crippen molar-refractivity contribution < 1.29 is 34.2 Å². The van der Waals surface area contributed by atoms with E-state index < -0.39 is 35.8 Å². The van der Waals surface area contributed by atoms with Crippen LogP contribution in [-0.4, -0.2) is 82.8 Å². The molecule has 1 fully saturated rings. The van der Waals surface area contributed by atoms with Gasteiger partial charge >= 0.3 is 0 Å². The van der Waals surface area contributed by atoms with Crippen molar-refractivity contribution in [3.05, 3.63) is 59.7 Å². The first kappa shape index (κ1) is 33.1. The van der Waals surface area contributed by atoms with Crippen molar-refractivity contribution >= 4 is 29.9 Å². The summed E-state index contributed by atoms with van der Waals surface area (Å²) in [7, 11) is 0. The van der Waals surface area contributed by atoms with Crippen LogP contribution in [0.15, 0.2) is 48.5 Å². The Hall–Kier alpha value is -4.45. The maximum Gasteiger partial charge on any atom is 0.243 e. The van der Waals surface area contributed by atoms with Crippen LogP contribution in [0.3, 0.4) is 0 Å².